The van der Waals surface area contributed by atoms with Crippen molar-refractivity contribution in [2.45, 2.75) is 42.1 Å². The van der Waals surface area contributed by atoms with E-state index in [0.29, 0.717) is 24.3 Å². The zero-order chi connectivity index (χ0) is 22.6. The van der Waals surface area contributed by atoms with Gasteiger partial charge in [0.2, 0.25) is 0 Å². The van der Waals surface area contributed by atoms with Crippen molar-refractivity contribution in [1.82, 2.24) is 5.32 Å². The Labute approximate surface area is 183 Å². The van der Waals surface area contributed by atoms with E-state index in [9.17, 15) is 26.4 Å². The molecule has 6 nitrogen and oxygen atoms in total. The van der Waals surface area contributed by atoms with Gasteiger partial charge >= 0.3 is 6.18 Å². The first kappa shape index (κ1) is 23.4. The van der Waals surface area contributed by atoms with Crippen LogP contribution in [0.3, 0.4) is 0 Å². The average molecular weight is 477 g/mol. The Morgan fingerprint density at radius 3 is 2.48 bits per heavy atom. The molecular weight excluding hydrogens is 453 g/mol. The van der Waals surface area contributed by atoms with Gasteiger partial charge in [-0.2, -0.15) is 13.2 Å². The third kappa shape index (κ3) is 5.70. The maximum absolute atomic E-state index is 13.1. The summed E-state index contributed by atoms with van der Waals surface area (Å²) < 4.78 is 71.2. The molecule has 1 heterocycles. The summed E-state index contributed by atoms with van der Waals surface area (Å²) in [6.45, 7) is -0.427. The molecule has 11 heteroatoms. The van der Waals surface area contributed by atoms with Gasteiger partial charge in [-0.25, -0.2) is 8.42 Å². The molecule has 0 spiro atoms. The van der Waals surface area contributed by atoms with Crippen molar-refractivity contribution in [3.8, 4) is 5.75 Å². The van der Waals surface area contributed by atoms with Crippen molar-refractivity contribution in [3.63, 3.8) is 0 Å². The SMILES string of the molecule is CN(c1ccc(OCC(=O)NC2CCCCC2C(F)(F)F)cc1)S(=O)(=O)c1cccs1. The highest BCUT2D eigenvalue weighted by atomic mass is 32.2. The number of sulfonamides is 1. The molecule has 1 aliphatic carbocycles. The number of hydrogen-bond donors (Lipinski definition) is 1. The standard InChI is InChI=1S/C20H23F3N2O4S2/c1-25(31(27,28)19-7-4-12-30-19)14-8-10-15(11-9-14)29-13-18(26)24-17-6-3-2-5-16(17)20(21,22)23/h4,7-12,16-17H,2-3,5-6,13H2,1H3,(H,24,26). The molecule has 31 heavy (non-hydrogen) atoms. The molecule has 0 radical (unpaired) electrons. The number of hydrogen-bond acceptors (Lipinski definition) is 5. The highest BCUT2D eigenvalue weighted by Crippen LogP contribution is 2.37. The highest BCUT2D eigenvalue weighted by Gasteiger charge is 2.45. The second-order valence-corrected chi connectivity index (χ2v) is 10.4. The average Bonchev–Trinajstić information content (AvgIpc) is 3.27. The normalized spacial score (nSPS) is 19.6. The summed E-state index contributed by atoms with van der Waals surface area (Å²) in [6.07, 6.45) is -2.91. The minimum Gasteiger partial charge on any atom is -0.484 e. The first-order valence-corrected chi connectivity index (χ1v) is 12.0. The summed E-state index contributed by atoms with van der Waals surface area (Å²) in [5.74, 6) is -1.86. The van der Waals surface area contributed by atoms with E-state index in [1.807, 2.05) is 0 Å². The van der Waals surface area contributed by atoms with Gasteiger partial charge in [0.15, 0.2) is 6.61 Å². The molecule has 2 atom stereocenters. The van der Waals surface area contributed by atoms with Crippen LogP contribution in [0.4, 0.5) is 18.9 Å². The predicted molar refractivity (Wildman–Crippen MR) is 112 cm³/mol. The fraction of sp³-hybridized carbons (Fsp3) is 0.450. The lowest BCUT2D eigenvalue weighted by molar-refractivity contribution is -0.189. The Bertz CT molecular complexity index is 977. The van der Waals surface area contributed by atoms with Gasteiger partial charge in [-0.1, -0.05) is 18.9 Å². The summed E-state index contributed by atoms with van der Waals surface area (Å²) >= 11 is 1.11. The molecule has 0 bridgehead atoms. The van der Waals surface area contributed by atoms with Crippen molar-refractivity contribution in [1.29, 1.82) is 0 Å². The monoisotopic (exact) mass is 476 g/mol. The minimum absolute atomic E-state index is 0.0126. The van der Waals surface area contributed by atoms with Crippen LogP contribution in [0.2, 0.25) is 0 Å². The van der Waals surface area contributed by atoms with Gasteiger partial charge in [0.25, 0.3) is 15.9 Å². The van der Waals surface area contributed by atoms with Gasteiger partial charge in [-0.15, -0.1) is 11.3 Å². The molecular formula is C20H23F3N2O4S2. The second-order valence-electron chi connectivity index (χ2n) is 7.29. The third-order valence-corrected chi connectivity index (χ3v) is 8.37. The molecule has 2 unspecified atom stereocenters. The Hall–Kier alpha value is -2.27. The van der Waals surface area contributed by atoms with E-state index in [2.05, 4.69) is 5.32 Å². The number of nitrogens with zero attached hydrogens (tertiary/aromatic N) is 1. The molecule has 1 aliphatic rings. The Balaban J connectivity index is 1.56. The number of carbonyl (C=O) groups is 1. The summed E-state index contributed by atoms with van der Waals surface area (Å²) in [6, 6.07) is 8.28. The van der Waals surface area contributed by atoms with E-state index in [1.54, 1.807) is 11.4 Å². The molecule has 1 aromatic heterocycles. The van der Waals surface area contributed by atoms with Gasteiger partial charge in [0.1, 0.15) is 9.96 Å². The fourth-order valence-corrected chi connectivity index (χ4v) is 5.89. The van der Waals surface area contributed by atoms with Gasteiger partial charge in [-0.3, -0.25) is 9.10 Å². The predicted octanol–water partition coefficient (Wildman–Crippen LogP) is 4.19. The number of ether oxygens (including phenoxy) is 1. The minimum atomic E-state index is -4.34. The molecule has 1 fully saturated rings. The zero-order valence-corrected chi connectivity index (χ0v) is 18.4. The van der Waals surface area contributed by atoms with Crippen LogP contribution < -0.4 is 14.4 Å². The van der Waals surface area contributed by atoms with Gasteiger partial charge in [0.05, 0.1) is 11.6 Å². The van der Waals surface area contributed by atoms with E-state index in [4.69, 9.17) is 4.74 Å². The number of carbonyl (C=O) groups excluding carboxylic acids is 1. The van der Waals surface area contributed by atoms with Crippen LogP contribution in [0.5, 0.6) is 5.75 Å². The van der Waals surface area contributed by atoms with Gasteiger partial charge in [-0.05, 0) is 48.6 Å². The number of benzene rings is 1. The highest BCUT2D eigenvalue weighted by molar-refractivity contribution is 7.94. The summed E-state index contributed by atoms with van der Waals surface area (Å²) in [4.78, 5) is 12.1. The summed E-state index contributed by atoms with van der Waals surface area (Å²) in [5.41, 5.74) is 0.403. The lowest BCUT2D eigenvalue weighted by Crippen LogP contribution is -2.48. The van der Waals surface area contributed by atoms with E-state index in [0.717, 1.165) is 15.6 Å². The molecule has 3 rings (SSSR count). The molecule has 2 aromatic rings. The number of rotatable bonds is 7. The summed E-state index contributed by atoms with van der Waals surface area (Å²) in [7, 11) is -2.24. The Morgan fingerprint density at radius 2 is 1.87 bits per heavy atom. The van der Waals surface area contributed by atoms with Crippen LogP contribution in [0.1, 0.15) is 25.7 Å². The van der Waals surface area contributed by atoms with Gasteiger partial charge < -0.3 is 10.1 Å². The van der Waals surface area contributed by atoms with E-state index >= 15 is 0 Å². The molecule has 1 aromatic carbocycles. The third-order valence-electron chi connectivity index (χ3n) is 5.21. The van der Waals surface area contributed by atoms with Crippen LogP contribution in [-0.2, 0) is 14.8 Å². The largest absolute Gasteiger partial charge is 0.484 e. The number of nitrogens with one attached hydrogen (secondary N) is 1. The Kier molecular flexibility index (Phi) is 7.15. The van der Waals surface area contributed by atoms with Crippen LogP contribution >= 0.6 is 11.3 Å². The maximum Gasteiger partial charge on any atom is 0.393 e. The molecule has 1 saturated carbocycles. The van der Waals surface area contributed by atoms with Crippen LogP contribution in [-0.4, -0.2) is 40.2 Å². The lowest BCUT2D eigenvalue weighted by atomic mass is 9.84. The molecule has 170 valence electrons. The van der Waals surface area contributed by atoms with Crippen LogP contribution in [0, 0.1) is 5.92 Å². The van der Waals surface area contributed by atoms with Crippen LogP contribution in [0.15, 0.2) is 46.0 Å². The smallest absolute Gasteiger partial charge is 0.393 e. The topological polar surface area (TPSA) is 75.7 Å². The van der Waals surface area contributed by atoms with E-state index in [1.165, 1.54) is 37.4 Å². The second kappa shape index (κ2) is 9.47. The quantitative estimate of drug-likeness (QED) is 0.650. The van der Waals surface area contributed by atoms with Crippen molar-refractivity contribution in [2.24, 2.45) is 5.92 Å². The van der Waals surface area contributed by atoms with Crippen molar-refractivity contribution >= 4 is 33.0 Å². The zero-order valence-electron chi connectivity index (χ0n) is 16.8. The molecule has 1 amide bonds. The molecule has 1 N–H and O–H groups in total. The lowest BCUT2D eigenvalue weighted by Gasteiger charge is -2.33. The van der Waals surface area contributed by atoms with Crippen molar-refractivity contribution < 1.29 is 31.1 Å². The molecule has 0 aliphatic heterocycles. The Morgan fingerprint density at radius 1 is 1.19 bits per heavy atom. The molecule has 0 saturated heterocycles. The fourth-order valence-electron chi connectivity index (χ4n) is 3.53. The summed E-state index contributed by atoms with van der Waals surface area (Å²) in [5, 5.41) is 4.11. The first-order chi connectivity index (χ1) is 14.6. The van der Waals surface area contributed by atoms with Crippen molar-refractivity contribution in [3.05, 3.63) is 41.8 Å². The number of thiophene rings is 1. The van der Waals surface area contributed by atoms with Gasteiger partial charge in [0, 0.05) is 13.1 Å². The van der Waals surface area contributed by atoms with E-state index < -0.39 is 40.7 Å². The first-order valence-electron chi connectivity index (χ1n) is 9.70. The number of alkyl halides is 3. The number of anilines is 1. The van der Waals surface area contributed by atoms with Crippen LogP contribution in [0.25, 0.3) is 0 Å². The van der Waals surface area contributed by atoms with Crippen molar-refractivity contribution in [2.75, 3.05) is 18.0 Å². The number of halogens is 3. The number of amides is 1. The maximum atomic E-state index is 13.1. The van der Waals surface area contributed by atoms with E-state index in [-0.39, 0.29) is 17.1 Å².